The number of rotatable bonds is 2. The Balaban J connectivity index is 2.31. The molecular formula is C10H18N2O3. The van der Waals surface area contributed by atoms with Crippen LogP contribution in [-0.4, -0.2) is 24.0 Å². The van der Waals surface area contributed by atoms with Crippen LogP contribution in [0.25, 0.3) is 0 Å². The van der Waals surface area contributed by atoms with Gasteiger partial charge in [0.15, 0.2) is 0 Å². The van der Waals surface area contributed by atoms with Crippen molar-refractivity contribution >= 4 is 11.8 Å². The average Bonchev–Trinajstić information content (AvgIpc) is 2.14. The minimum absolute atomic E-state index is 0.00999. The Hall–Kier alpha value is -1.10. The lowest BCUT2D eigenvalue weighted by Crippen LogP contribution is -2.44. The fourth-order valence-electron chi connectivity index (χ4n) is 1.24. The van der Waals surface area contributed by atoms with E-state index in [1.807, 2.05) is 20.8 Å². The van der Waals surface area contributed by atoms with Gasteiger partial charge in [-0.3, -0.25) is 14.4 Å². The van der Waals surface area contributed by atoms with Crippen LogP contribution in [0.15, 0.2) is 0 Å². The Morgan fingerprint density at radius 1 is 1.53 bits per heavy atom. The lowest BCUT2D eigenvalue weighted by atomic mass is 9.99. The quantitative estimate of drug-likeness (QED) is 0.652. The van der Waals surface area contributed by atoms with Gasteiger partial charge in [-0.1, -0.05) is 0 Å². The standard InChI is InChI=1S/C10H18N2O3/c1-10(2,3)15-12-9(14)7-4-5-8(13)11-6-7/h7H,4-6H2,1-3H3,(H,11,13)(H,12,14). The van der Waals surface area contributed by atoms with E-state index in [2.05, 4.69) is 10.8 Å². The van der Waals surface area contributed by atoms with E-state index in [1.54, 1.807) is 0 Å². The van der Waals surface area contributed by atoms with Crippen molar-refractivity contribution in [3.8, 4) is 0 Å². The Morgan fingerprint density at radius 2 is 2.20 bits per heavy atom. The van der Waals surface area contributed by atoms with Gasteiger partial charge >= 0.3 is 0 Å². The summed E-state index contributed by atoms with van der Waals surface area (Å²) in [6.07, 6.45) is 0.999. The number of carbonyl (C=O) groups excluding carboxylic acids is 2. The highest BCUT2D eigenvalue weighted by Crippen LogP contribution is 2.11. The zero-order valence-corrected chi connectivity index (χ0v) is 9.42. The van der Waals surface area contributed by atoms with Gasteiger partial charge in [-0.2, -0.15) is 0 Å². The van der Waals surface area contributed by atoms with Crippen molar-refractivity contribution in [2.24, 2.45) is 5.92 Å². The summed E-state index contributed by atoms with van der Waals surface area (Å²) in [6.45, 7) is 5.97. The topological polar surface area (TPSA) is 67.4 Å². The van der Waals surface area contributed by atoms with Crippen LogP contribution in [0.1, 0.15) is 33.6 Å². The third kappa shape index (κ3) is 4.29. The first kappa shape index (κ1) is 12.0. The molecule has 0 aliphatic carbocycles. The highest BCUT2D eigenvalue weighted by atomic mass is 16.7. The fourth-order valence-corrected chi connectivity index (χ4v) is 1.24. The number of piperidine rings is 1. The molecule has 0 bridgehead atoms. The maximum atomic E-state index is 11.6. The summed E-state index contributed by atoms with van der Waals surface area (Å²) in [6, 6.07) is 0. The molecule has 0 spiro atoms. The number of carbonyl (C=O) groups is 2. The maximum absolute atomic E-state index is 11.6. The van der Waals surface area contributed by atoms with E-state index in [0.717, 1.165) is 0 Å². The number of amides is 2. The number of hydrogen-bond acceptors (Lipinski definition) is 3. The van der Waals surface area contributed by atoms with E-state index >= 15 is 0 Å². The lowest BCUT2D eigenvalue weighted by Gasteiger charge is -2.24. The van der Waals surface area contributed by atoms with Gasteiger partial charge in [0, 0.05) is 13.0 Å². The molecule has 1 aliphatic rings. The van der Waals surface area contributed by atoms with Gasteiger partial charge in [-0.25, -0.2) is 5.48 Å². The second kappa shape index (κ2) is 4.61. The minimum atomic E-state index is -0.395. The van der Waals surface area contributed by atoms with Gasteiger partial charge in [-0.05, 0) is 27.2 Å². The van der Waals surface area contributed by atoms with E-state index < -0.39 is 5.60 Å². The molecule has 86 valence electrons. The first-order chi connectivity index (χ1) is 6.88. The second-order valence-corrected chi connectivity index (χ2v) is 4.72. The van der Waals surface area contributed by atoms with Gasteiger partial charge in [0.2, 0.25) is 11.8 Å². The van der Waals surface area contributed by atoms with Crippen LogP contribution in [-0.2, 0) is 14.4 Å². The van der Waals surface area contributed by atoms with Crippen molar-refractivity contribution in [2.75, 3.05) is 6.54 Å². The number of nitrogens with one attached hydrogen (secondary N) is 2. The molecule has 1 saturated heterocycles. The summed E-state index contributed by atoms with van der Waals surface area (Å²) < 4.78 is 0. The summed E-state index contributed by atoms with van der Waals surface area (Å²) in [5.41, 5.74) is 2.02. The first-order valence-corrected chi connectivity index (χ1v) is 5.13. The molecule has 0 aromatic heterocycles. The van der Waals surface area contributed by atoms with E-state index in [0.29, 0.717) is 19.4 Å². The van der Waals surface area contributed by atoms with Crippen molar-refractivity contribution in [2.45, 2.75) is 39.2 Å². The highest BCUT2D eigenvalue weighted by Gasteiger charge is 2.25. The van der Waals surface area contributed by atoms with E-state index in [1.165, 1.54) is 0 Å². The smallest absolute Gasteiger partial charge is 0.248 e. The molecule has 1 fully saturated rings. The van der Waals surface area contributed by atoms with Crippen molar-refractivity contribution in [3.05, 3.63) is 0 Å². The van der Waals surface area contributed by atoms with Crippen LogP contribution in [0.3, 0.4) is 0 Å². The minimum Gasteiger partial charge on any atom is -0.355 e. The molecule has 5 heteroatoms. The zero-order valence-electron chi connectivity index (χ0n) is 9.42. The van der Waals surface area contributed by atoms with Crippen molar-refractivity contribution in [1.82, 2.24) is 10.8 Å². The third-order valence-electron chi connectivity index (χ3n) is 2.09. The largest absolute Gasteiger partial charge is 0.355 e. The monoisotopic (exact) mass is 214 g/mol. The summed E-state index contributed by atoms with van der Waals surface area (Å²) in [5, 5.41) is 2.65. The molecule has 5 nitrogen and oxygen atoms in total. The summed E-state index contributed by atoms with van der Waals surface area (Å²) in [7, 11) is 0. The van der Waals surface area contributed by atoms with Gasteiger partial charge in [0.1, 0.15) is 0 Å². The predicted molar refractivity (Wildman–Crippen MR) is 54.7 cm³/mol. The molecule has 0 radical (unpaired) electrons. The normalized spacial score (nSPS) is 22.1. The van der Waals surface area contributed by atoms with Gasteiger partial charge in [0.25, 0.3) is 0 Å². The average molecular weight is 214 g/mol. The Morgan fingerprint density at radius 3 is 2.67 bits per heavy atom. The highest BCUT2D eigenvalue weighted by molar-refractivity contribution is 5.83. The molecule has 0 aromatic rings. The molecule has 0 aromatic carbocycles. The zero-order chi connectivity index (χ0) is 11.5. The summed E-state index contributed by atoms with van der Waals surface area (Å²) >= 11 is 0. The number of hydrogen-bond donors (Lipinski definition) is 2. The van der Waals surface area contributed by atoms with Crippen LogP contribution in [0.4, 0.5) is 0 Å². The number of hydroxylamine groups is 1. The molecule has 15 heavy (non-hydrogen) atoms. The molecule has 2 amide bonds. The molecule has 1 heterocycles. The van der Waals surface area contributed by atoms with Crippen molar-refractivity contribution < 1.29 is 14.4 Å². The fraction of sp³-hybridized carbons (Fsp3) is 0.800. The first-order valence-electron chi connectivity index (χ1n) is 5.13. The molecule has 2 N–H and O–H groups in total. The van der Waals surface area contributed by atoms with Crippen LogP contribution in [0, 0.1) is 5.92 Å². The second-order valence-electron chi connectivity index (χ2n) is 4.72. The molecular weight excluding hydrogens is 196 g/mol. The molecule has 1 aliphatic heterocycles. The summed E-state index contributed by atoms with van der Waals surface area (Å²) in [5.74, 6) is -0.328. The van der Waals surface area contributed by atoms with Crippen LogP contribution < -0.4 is 10.8 Å². The van der Waals surface area contributed by atoms with Gasteiger partial charge in [-0.15, -0.1) is 0 Å². The third-order valence-corrected chi connectivity index (χ3v) is 2.09. The SMILES string of the molecule is CC(C)(C)ONC(=O)C1CCC(=O)NC1. The lowest BCUT2D eigenvalue weighted by molar-refractivity contribution is -0.150. The van der Waals surface area contributed by atoms with E-state index in [9.17, 15) is 9.59 Å². The predicted octanol–water partition coefficient (Wildman–Crippen LogP) is 0.359. The molecule has 1 unspecified atom stereocenters. The Kier molecular flexibility index (Phi) is 3.68. The Labute approximate surface area is 89.5 Å². The van der Waals surface area contributed by atoms with E-state index in [4.69, 9.17) is 4.84 Å². The molecule has 1 rings (SSSR count). The molecule has 1 atom stereocenters. The van der Waals surface area contributed by atoms with Crippen molar-refractivity contribution in [3.63, 3.8) is 0 Å². The summed E-state index contributed by atoms with van der Waals surface area (Å²) in [4.78, 5) is 27.6. The van der Waals surface area contributed by atoms with Crippen molar-refractivity contribution in [1.29, 1.82) is 0 Å². The Bertz CT molecular complexity index is 248. The van der Waals surface area contributed by atoms with Crippen LogP contribution >= 0.6 is 0 Å². The maximum Gasteiger partial charge on any atom is 0.248 e. The van der Waals surface area contributed by atoms with Crippen LogP contribution in [0.5, 0.6) is 0 Å². The van der Waals surface area contributed by atoms with E-state index in [-0.39, 0.29) is 17.7 Å². The van der Waals surface area contributed by atoms with Gasteiger partial charge in [0.05, 0.1) is 11.5 Å². The van der Waals surface area contributed by atoms with Crippen LogP contribution in [0.2, 0.25) is 0 Å². The van der Waals surface area contributed by atoms with Gasteiger partial charge < -0.3 is 5.32 Å². The molecule has 0 saturated carbocycles.